The van der Waals surface area contributed by atoms with E-state index in [-0.39, 0.29) is 5.41 Å². The van der Waals surface area contributed by atoms with Gasteiger partial charge in [-0.2, -0.15) is 0 Å². The summed E-state index contributed by atoms with van der Waals surface area (Å²) in [5.74, 6) is 1.81. The Morgan fingerprint density at radius 3 is 2.87 bits per heavy atom. The van der Waals surface area contributed by atoms with E-state index < -0.39 is 5.60 Å². The summed E-state index contributed by atoms with van der Waals surface area (Å²) in [7, 11) is 2.00. The normalized spacial score (nSPS) is 25.9. The number of hydrogen-bond acceptors (Lipinski definition) is 4. The lowest BCUT2D eigenvalue weighted by atomic mass is 9.64. The van der Waals surface area contributed by atoms with Gasteiger partial charge >= 0.3 is 0 Å². The smallest absolute Gasteiger partial charge is 0.167 e. The molecule has 0 unspecified atom stereocenters. The van der Waals surface area contributed by atoms with E-state index in [1.54, 1.807) is 11.8 Å². The second-order valence-corrected chi connectivity index (χ2v) is 8.99. The second-order valence-electron chi connectivity index (χ2n) is 7.07. The first-order chi connectivity index (χ1) is 10.9. The minimum atomic E-state index is -0.749. The monoisotopic (exact) mass is 354 g/mol. The number of rotatable bonds is 7. The summed E-state index contributed by atoms with van der Waals surface area (Å²) in [4.78, 5) is 4.38. The van der Waals surface area contributed by atoms with Gasteiger partial charge in [-0.25, -0.2) is 4.98 Å². The number of thioether (sulfide) groups is 2. The Hall–Kier alpha value is -0.390. The van der Waals surface area contributed by atoms with Crippen molar-refractivity contribution in [1.82, 2.24) is 9.55 Å². The van der Waals surface area contributed by atoms with Crippen LogP contribution >= 0.6 is 23.5 Å². The maximum absolute atomic E-state index is 11.6. The molecule has 5 heteroatoms. The predicted molar refractivity (Wildman–Crippen MR) is 102 cm³/mol. The lowest BCUT2D eigenvalue weighted by Gasteiger charge is -2.48. The Kier molecular flexibility index (Phi) is 6.69. The van der Waals surface area contributed by atoms with Crippen molar-refractivity contribution >= 4 is 23.5 Å². The Balaban J connectivity index is 2.14. The average Bonchev–Trinajstić information content (AvgIpc) is 2.91. The van der Waals surface area contributed by atoms with Gasteiger partial charge in [0.05, 0.1) is 0 Å². The van der Waals surface area contributed by atoms with Gasteiger partial charge in [0.25, 0.3) is 0 Å². The van der Waals surface area contributed by atoms with Gasteiger partial charge < -0.3 is 9.67 Å². The molecule has 0 bridgehead atoms. The molecule has 1 heterocycles. The standard InChI is InChI=1S/C18H30N2OS2/c1-5-6-12-22-13-15-8-7-9-17(2,3)18(15,21)14-23-16-19-10-11-20(16)4/h10-11,13,21H,5-9,12,14H2,1-4H3/b15-13+/t18-/m1/s1. The van der Waals surface area contributed by atoms with Crippen LogP contribution in [0, 0.1) is 5.41 Å². The fourth-order valence-electron chi connectivity index (χ4n) is 3.06. The highest BCUT2D eigenvalue weighted by molar-refractivity contribution is 8.02. The number of imidazole rings is 1. The van der Waals surface area contributed by atoms with Crippen LogP contribution in [0.1, 0.15) is 52.9 Å². The molecule has 0 aromatic carbocycles. The van der Waals surface area contributed by atoms with Crippen LogP contribution in [0.2, 0.25) is 0 Å². The molecular weight excluding hydrogens is 324 g/mol. The van der Waals surface area contributed by atoms with Crippen molar-refractivity contribution < 1.29 is 5.11 Å². The molecule has 0 spiro atoms. The van der Waals surface area contributed by atoms with Gasteiger partial charge in [0.2, 0.25) is 0 Å². The summed E-state index contributed by atoms with van der Waals surface area (Å²) in [6.07, 6.45) is 9.48. The molecule has 3 nitrogen and oxygen atoms in total. The van der Waals surface area contributed by atoms with Crippen molar-refractivity contribution in [3.8, 4) is 0 Å². The van der Waals surface area contributed by atoms with Gasteiger partial charge in [0, 0.05) is 25.2 Å². The molecule has 2 rings (SSSR count). The number of aromatic nitrogens is 2. The number of hydrogen-bond donors (Lipinski definition) is 1. The van der Waals surface area contributed by atoms with E-state index in [0.29, 0.717) is 5.75 Å². The summed E-state index contributed by atoms with van der Waals surface area (Å²) < 4.78 is 2.02. The van der Waals surface area contributed by atoms with Crippen LogP contribution in [0.25, 0.3) is 0 Å². The van der Waals surface area contributed by atoms with Gasteiger partial charge in [-0.15, -0.1) is 11.8 Å². The van der Waals surface area contributed by atoms with Crippen molar-refractivity contribution in [3.63, 3.8) is 0 Å². The maximum atomic E-state index is 11.6. The molecule has 1 aromatic heterocycles. The fraction of sp³-hybridized carbons (Fsp3) is 0.722. The van der Waals surface area contributed by atoms with Crippen molar-refractivity contribution in [2.45, 2.75) is 63.6 Å². The highest BCUT2D eigenvalue weighted by atomic mass is 32.2. The molecule has 0 saturated heterocycles. The van der Waals surface area contributed by atoms with Gasteiger partial charge in [-0.3, -0.25) is 0 Å². The molecule has 130 valence electrons. The van der Waals surface area contributed by atoms with Crippen LogP contribution in [-0.2, 0) is 7.05 Å². The molecule has 23 heavy (non-hydrogen) atoms. The van der Waals surface area contributed by atoms with E-state index in [1.807, 2.05) is 35.8 Å². The summed E-state index contributed by atoms with van der Waals surface area (Å²) in [5, 5.41) is 14.8. The predicted octanol–water partition coefficient (Wildman–Crippen LogP) is 4.87. The number of unbranched alkanes of at least 4 members (excludes halogenated alkanes) is 1. The average molecular weight is 355 g/mol. The molecule has 1 saturated carbocycles. The van der Waals surface area contributed by atoms with Gasteiger partial charge in [0.15, 0.2) is 5.16 Å². The Bertz CT molecular complexity index is 539. The van der Waals surface area contributed by atoms with Crippen LogP contribution in [0.4, 0.5) is 0 Å². The molecule has 1 atom stereocenters. The minimum Gasteiger partial charge on any atom is -0.384 e. The fourth-order valence-corrected chi connectivity index (χ4v) is 5.46. The minimum absolute atomic E-state index is 0.0967. The molecule has 1 aliphatic carbocycles. The molecule has 0 radical (unpaired) electrons. The first-order valence-electron chi connectivity index (χ1n) is 8.54. The van der Waals surface area contributed by atoms with E-state index in [9.17, 15) is 5.11 Å². The number of nitrogens with zero attached hydrogens (tertiary/aromatic N) is 2. The Morgan fingerprint density at radius 1 is 1.43 bits per heavy atom. The molecule has 0 amide bonds. The van der Waals surface area contributed by atoms with Crippen molar-refractivity contribution in [2.24, 2.45) is 12.5 Å². The van der Waals surface area contributed by atoms with Crippen molar-refractivity contribution in [2.75, 3.05) is 11.5 Å². The van der Waals surface area contributed by atoms with E-state index in [4.69, 9.17) is 0 Å². The lowest BCUT2D eigenvalue weighted by molar-refractivity contribution is -0.0358. The van der Waals surface area contributed by atoms with Crippen LogP contribution in [0.3, 0.4) is 0 Å². The van der Waals surface area contributed by atoms with Gasteiger partial charge in [-0.05, 0) is 47.8 Å². The zero-order chi connectivity index (χ0) is 16.9. The SMILES string of the molecule is CCCCS/C=C1\CCCC(C)(C)[C@@]1(O)CSc1nccn1C. The Labute approximate surface area is 149 Å². The third-order valence-electron chi connectivity index (χ3n) is 4.93. The van der Waals surface area contributed by atoms with Crippen LogP contribution in [-0.4, -0.2) is 31.8 Å². The maximum Gasteiger partial charge on any atom is 0.167 e. The van der Waals surface area contributed by atoms with E-state index >= 15 is 0 Å². The van der Waals surface area contributed by atoms with Crippen LogP contribution in [0.5, 0.6) is 0 Å². The molecular formula is C18H30N2OS2. The summed E-state index contributed by atoms with van der Waals surface area (Å²) in [6, 6.07) is 0. The topological polar surface area (TPSA) is 38.1 Å². The van der Waals surface area contributed by atoms with Gasteiger partial charge in [-0.1, -0.05) is 39.0 Å². The second kappa shape index (κ2) is 8.13. The zero-order valence-corrected chi connectivity index (χ0v) is 16.5. The third-order valence-corrected chi connectivity index (χ3v) is 7.12. The largest absolute Gasteiger partial charge is 0.384 e. The van der Waals surface area contributed by atoms with E-state index in [2.05, 4.69) is 31.2 Å². The van der Waals surface area contributed by atoms with Crippen LogP contribution < -0.4 is 0 Å². The molecule has 1 aliphatic rings. The van der Waals surface area contributed by atoms with E-state index in [1.165, 1.54) is 24.8 Å². The molecule has 1 fully saturated rings. The Morgan fingerprint density at radius 2 is 2.22 bits per heavy atom. The highest BCUT2D eigenvalue weighted by Crippen LogP contribution is 2.49. The highest BCUT2D eigenvalue weighted by Gasteiger charge is 2.48. The molecule has 1 aromatic rings. The van der Waals surface area contributed by atoms with Crippen molar-refractivity contribution in [3.05, 3.63) is 23.4 Å². The zero-order valence-electron chi connectivity index (χ0n) is 14.8. The number of aryl methyl sites for hydroxylation is 1. The van der Waals surface area contributed by atoms with Gasteiger partial charge in [0.1, 0.15) is 5.60 Å². The lowest BCUT2D eigenvalue weighted by Crippen LogP contribution is -2.51. The summed E-state index contributed by atoms with van der Waals surface area (Å²) >= 11 is 3.52. The van der Waals surface area contributed by atoms with Crippen LogP contribution in [0.15, 0.2) is 28.5 Å². The van der Waals surface area contributed by atoms with Crippen molar-refractivity contribution in [1.29, 1.82) is 0 Å². The van der Waals surface area contributed by atoms with E-state index in [0.717, 1.165) is 23.8 Å². The molecule has 1 N–H and O–H groups in total. The first kappa shape index (κ1) is 18.9. The first-order valence-corrected chi connectivity index (χ1v) is 10.6. The summed E-state index contributed by atoms with van der Waals surface area (Å²) in [6.45, 7) is 6.63. The quantitative estimate of drug-likeness (QED) is 0.560. The number of aliphatic hydroxyl groups is 1. The summed E-state index contributed by atoms with van der Waals surface area (Å²) in [5.41, 5.74) is 0.373. The molecule has 0 aliphatic heterocycles. The third kappa shape index (κ3) is 4.37.